The molecule has 0 radical (unpaired) electrons. The third-order valence-corrected chi connectivity index (χ3v) is 7.62. The molecule has 1 amide bonds. The Balaban J connectivity index is 1.47. The molecule has 2 atom stereocenters. The lowest BCUT2D eigenvalue weighted by Gasteiger charge is -2.33. The lowest BCUT2D eigenvalue weighted by molar-refractivity contribution is -0.190. The smallest absolute Gasteiger partial charge is 0.367 e. The van der Waals surface area contributed by atoms with E-state index in [1.54, 1.807) is 17.8 Å². The molecule has 178 valence electrons. The number of carbonyl (C=O) groups excluding carboxylic acids is 1. The number of nitrogens with one attached hydrogen (secondary N) is 1. The van der Waals surface area contributed by atoms with Crippen LogP contribution in [0.5, 0.6) is 0 Å². The second-order valence-electron chi connectivity index (χ2n) is 8.51. The number of anilines is 1. The average Bonchev–Trinajstić information content (AvgIpc) is 3.20. The van der Waals surface area contributed by atoms with Crippen molar-refractivity contribution in [1.82, 2.24) is 9.88 Å². The Morgan fingerprint density at radius 3 is 2.58 bits per heavy atom. The molecule has 1 N–H and O–H groups in total. The van der Waals surface area contributed by atoms with Crippen molar-refractivity contribution in [3.63, 3.8) is 0 Å². The highest BCUT2D eigenvalue weighted by Gasteiger charge is 2.46. The van der Waals surface area contributed by atoms with Crippen molar-refractivity contribution in [1.29, 1.82) is 0 Å². The second kappa shape index (κ2) is 9.70. The van der Waals surface area contributed by atoms with Gasteiger partial charge in [-0.05, 0) is 60.4 Å². The van der Waals surface area contributed by atoms with Crippen LogP contribution in [0.15, 0.2) is 30.5 Å². The molecule has 2 aliphatic rings. The summed E-state index contributed by atoms with van der Waals surface area (Å²) >= 11 is 7.57. The van der Waals surface area contributed by atoms with Gasteiger partial charge in [0.1, 0.15) is 11.6 Å². The van der Waals surface area contributed by atoms with Gasteiger partial charge in [0.25, 0.3) is 0 Å². The SMILES string of the molecule is CN(C(=O)C1CCSCC1)[C@@H](c1ccc(NC2Cc3ccc(Cl)c(F)c3C2)nc1)C(F)(F)F. The first-order valence-electron chi connectivity index (χ1n) is 10.7. The van der Waals surface area contributed by atoms with Crippen LogP contribution in [0.2, 0.25) is 5.02 Å². The molecular weight excluding hydrogens is 478 g/mol. The highest BCUT2D eigenvalue weighted by molar-refractivity contribution is 7.99. The van der Waals surface area contributed by atoms with Crippen LogP contribution in [-0.2, 0) is 17.6 Å². The van der Waals surface area contributed by atoms with Gasteiger partial charge in [-0.1, -0.05) is 23.7 Å². The van der Waals surface area contributed by atoms with Crippen LogP contribution < -0.4 is 5.32 Å². The number of nitrogens with zero attached hydrogens (tertiary/aromatic N) is 2. The normalized spacial score (nSPS) is 19.8. The Labute approximate surface area is 199 Å². The molecule has 4 nitrogen and oxygen atoms in total. The Hall–Kier alpha value is -2.00. The molecule has 1 fully saturated rings. The summed E-state index contributed by atoms with van der Waals surface area (Å²) in [5, 5.41) is 3.23. The summed E-state index contributed by atoms with van der Waals surface area (Å²) in [7, 11) is 1.21. The molecule has 33 heavy (non-hydrogen) atoms. The molecule has 2 aromatic rings. The van der Waals surface area contributed by atoms with Crippen LogP contribution in [0.25, 0.3) is 0 Å². The highest BCUT2D eigenvalue weighted by Crippen LogP contribution is 2.39. The summed E-state index contributed by atoms with van der Waals surface area (Å²) in [5.41, 5.74) is 1.31. The molecule has 0 saturated carbocycles. The minimum Gasteiger partial charge on any atom is -0.367 e. The van der Waals surface area contributed by atoms with E-state index < -0.39 is 23.9 Å². The third kappa shape index (κ3) is 5.24. The first-order chi connectivity index (χ1) is 15.6. The molecule has 1 aromatic carbocycles. The number of amides is 1. The van der Waals surface area contributed by atoms with Gasteiger partial charge in [-0.3, -0.25) is 4.79 Å². The molecule has 10 heteroatoms. The number of halogens is 5. The molecule has 0 bridgehead atoms. The van der Waals surface area contributed by atoms with Crippen LogP contribution in [-0.4, -0.2) is 46.6 Å². The summed E-state index contributed by atoms with van der Waals surface area (Å²) in [6.45, 7) is 0. The number of hydrogen-bond acceptors (Lipinski definition) is 4. The van der Waals surface area contributed by atoms with Gasteiger partial charge in [0, 0.05) is 30.8 Å². The van der Waals surface area contributed by atoms with E-state index in [2.05, 4.69) is 10.3 Å². The lowest BCUT2D eigenvalue weighted by Crippen LogP contribution is -2.43. The molecule has 1 aliphatic heterocycles. The van der Waals surface area contributed by atoms with Crippen molar-refractivity contribution in [3.05, 3.63) is 58.0 Å². The van der Waals surface area contributed by atoms with Crippen LogP contribution in [0.1, 0.15) is 35.6 Å². The summed E-state index contributed by atoms with van der Waals surface area (Å²) in [4.78, 5) is 17.7. The number of rotatable bonds is 5. The summed E-state index contributed by atoms with van der Waals surface area (Å²) in [5.74, 6) is 0.659. The minimum atomic E-state index is -4.63. The molecule has 2 heterocycles. The van der Waals surface area contributed by atoms with Crippen molar-refractivity contribution in [2.45, 2.75) is 43.9 Å². The van der Waals surface area contributed by atoms with E-state index in [1.807, 2.05) is 0 Å². The van der Waals surface area contributed by atoms with E-state index in [0.717, 1.165) is 28.2 Å². The number of alkyl halides is 3. The molecule has 1 unspecified atom stereocenters. The maximum atomic E-state index is 14.2. The first kappa shape index (κ1) is 24.1. The Bertz CT molecular complexity index is 1010. The zero-order valence-electron chi connectivity index (χ0n) is 18.0. The van der Waals surface area contributed by atoms with Gasteiger partial charge >= 0.3 is 6.18 Å². The molecule has 4 rings (SSSR count). The number of carbonyl (C=O) groups is 1. The number of benzene rings is 1. The van der Waals surface area contributed by atoms with E-state index in [4.69, 9.17) is 11.6 Å². The van der Waals surface area contributed by atoms with Crippen LogP contribution in [0.3, 0.4) is 0 Å². The van der Waals surface area contributed by atoms with Crippen LogP contribution >= 0.6 is 23.4 Å². The van der Waals surface area contributed by atoms with Gasteiger partial charge in [0.05, 0.1) is 5.02 Å². The van der Waals surface area contributed by atoms with Gasteiger partial charge in [0.2, 0.25) is 5.91 Å². The van der Waals surface area contributed by atoms with Crippen molar-refractivity contribution in [2.75, 3.05) is 23.9 Å². The number of fused-ring (bicyclic) bond motifs is 1. The van der Waals surface area contributed by atoms with Crippen molar-refractivity contribution >= 4 is 35.1 Å². The van der Waals surface area contributed by atoms with E-state index in [-0.39, 0.29) is 22.5 Å². The van der Waals surface area contributed by atoms with E-state index in [9.17, 15) is 22.4 Å². The molecule has 0 spiro atoms. The number of hydrogen-bond donors (Lipinski definition) is 1. The highest BCUT2D eigenvalue weighted by atomic mass is 35.5. The third-order valence-electron chi connectivity index (χ3n) is 6.28. The number of thioether (sulfide) groups is 1. The van der Waals surface area contributed by atoms with Gasteiger partial charge < -0.3 is 10.2 Å². The predicted molar refractivity (Wildman–Crippen MR) is 122 cm³/mol. The fourth-order valence-electron chi connectivity index (χ4n) is 4.58. The molecule has 1 saturated heterocycles. The van der Waals surface area contributed by atoms with Gasteiger partial charge in [-0.15, -0.1) is 0 Å². The van der Waals surface area contributed by atoms with Gasteiger partial charge in [-0.25, -0.2) is 9.37 Å². The van der Waals surface area contributed by atoms with Gasteiger partial charge in [-0.2, -0.15) is 24.9 Å². The maximum Gasteiger partial charge on any atom is 0.413 e. The average molecular weight is 502 g/mol. The monoisotopic (exact) mass is 501 g/mol. The fourth-order valence-corrected chi connectivity index (χ4v) is 5.87. The number of aromatic nitrogens is 1. The van der Waals surface area contributed by atoms with E-state index >= 15 is 0 Å². The predicted octanol–water partition coefficient (Wildman–Crippen LogP) is 5.66. The van der Waals surface area contributed by atoms with E-state index in [1.165, 1.54) is 25.2 Å². The zero-order chi connectivity index (χ0) is 23.8. The molecular formula is C23H24ClF4N3OS. The number of pyridine rings is 1. The first-order valence-corrected chi connectivity index (χ1v) is 12.3. The van der Waals surface area contributed by atoms with Crippen molar-refractivity contribution < 1.29 is 22.4 Å². The Morgan fingerprint density at radius 1 is 1.21 bits per heavy atom. The summed E-state index contributed by atoms with van der Waals surface area (Å²) < 4.78 is 56.1. The Kier molecular flexibility index (Phi) is 7.09. The summed E-state index contributed by atoms with van der Waals surface area (Å²) in [6.07, 6.45) is -1.32. The molecule has 1 aromatic heterocycles. The quantitative estimate of drug-likeness (QED) is 0.537. The summed E-state index contributed by atoms with van der Waals surface area (Å²) in [6, 6.07) is 3.91. The van der Waals surface area contributed by atoms with Crippen LogP contribution in [0.4, 0.5) is 23.4 Å². The molecule has 1 aliphatic carbocycles. The van der Waals surface area contributed by atoms with Gasteiger partial charge in [0.15, 0.2) is 6.04 Å². The van der Waals surface area contributed by atoms with Crippen LogP contribution in [0, 0.1) is 11.7 Å². The standard InChI is InChI=1S/C23H24ClF4N3OS/c1-31(22(32)13-6-8-33-9-7-13)21(23(26,27)28)15-3-5-19(29-12-15)30-16-10-14-2-4-18(24)20(25)17(14)11-16/h2-5,12-13,16,21H,6-11H2,1H3,(H,29,30)/t16?,21-/m0/s1. The topological polar surface area (TPSA) is 45.2 Å². The van der Waals surface area contributed by atoms with Crippen molar-refractivity contribution in [3.8, 4) is 0 Å². The lowest BCUT2D eigenvalue weighted by atomic mass is 9.99. The Morgan fingerprint density at radius 2 is 1.94 bits per heavy atom. The maximum absolute atomic E-state index is 14.2. The van der Waals surface area contributed by atoms with Crippen molar-refractivity contribution in [2.24, 2.45) is 5.92 Å². The zero-order valence-corrected chi connectivity index (χ0v) is 19.5. The largest absolute Gasteiger partial charge is 0.413 e. The van der Waals surface area contributed by atoms with E-state index in [0.29, 0.717) is 37.1 Å². The second-order valence-corrected chi connectivity index (χ2v) is 10.1. The fraction of sp³-hybridized carbons (Fsp3) is 0.478. The minimum absolute atomic E-state index is 0.0701.